The van der Waals surface area contributed by atoms with E-state index in [0.29, 0.717) is 11.8 Å². The number of hydrogen-bond acceptors (Lipinski definition) is 2. The van der Waals surface area contributed by atoms with E-state index < -0.39 is 0 Å². The van der Waals surface area contributed by atoms with E-state index in [-0.39, 0.29) is 0 Å². The van der Waals surface area contributed by atoms with Crippen molar-refractivity contribution in [3.05, 3.63) is 48.6 Å². The second-order valence-corrected chi connectivity index (χ2v) is 5.16. The van der Waals surface area contributed by atoms with Crippen LogP contribution in [-0.2, 0) is 4.74 Å². The quantitative estimate of drug-likeness (QED) is 0.513. The third-order valence-corrected chi connectivity index (χ3v) is 3.29. The van der Waals surface area contributed by atoms with Crippen LogP contribution in [0.1, 0.15) is 31.7 Å². The molecular formula is C17H27NO. The van der Waals surface area contributed by atoms with E-state index in [0.717, 1.165) is 32.7 Å². The smallest absolute Gasteiger partial charge is 0.0591 e. The average molecular weight is 261 g/mol. The summed E-state index contributed by atoms with van der Waals surface area (Å²) in [6, 6.07) is 10.7. The molecule has 19 heavy (non-hydrogen) atoms. The molecule has 1 unspecified atom stereocenters. The summed E-state index contributed by atoms with van der Waals surface area (Å²) in [5.41, 5.74) is 1.41. The highest BCUT2D eigenvalue weighted by Gasteiger charge is 2.14. The normalized spacial score (nSPS) is 12.6. The largest absolute Gasteiger partial charge is 0.380 e. The van der Waals surface area contributed by atoms with Crippen LogP contribution in [0.4, 0.5) is 0 Å². The van der Waals surface area contributed by atoms with Gasteiger partial charge in [-0.1, -0.05) is 50.3 Å². The van der Waals surface area contributed by atoms with Crippen molar-refractivity contribution in [1.29, 1.82) is 0 Å². The van der Waals surface area contributed by atoms with Crippen LogP contribution in [0.5, 0.6) is 0 Å². The summed E-state index contributed by atoms with van der Waals surface area (Å²) in [6.45, 7) is 11.7. The fourth-order valence-corrected chi connectivity index (χ4v) is 2.11. The molecule has 106 valence electrons. The summed E-state index contributed by atoms with van der Waals surface area (Å²) in [7, 11) is 0. The van der Waals surface area contributed by atoms with Gasteiger partial charge in [-0.05, 0) is 23.8 Å². The Morgan fingerprint density at radius 3 is 2.58 bits per heavy atom. The van der Waals surface area contributed by atoms with Gasteiger partial charge in [0.2, 0.25) is 0 Å². The van der Waals surface area contributed by atoms with Gasteiger partial charge in [-0.3, -0.25) is 0 Å². The van der Waals surface area contributed by atoms with Gasteiger partial charge in [0, 0.05) is 13.1 Å². The Bertz CT molecular complexity index is 334. The Morgan fingerprint density at radius 1 is 1.21 bits per heavy atom. The topological polar surface area (TPSA) is 21.3 Å². The van der Waals surface area contributed by atoms with Crippen molar-refractivity contribution in [2.45, 2.75) is 26.2 Å². The molecule has 0 aliphatic carbocycles. The van der Waals surface area contributed by atoms with Crippen LogP contribution in [0.2, 0.25) is 0 Å². The first-order chi connectivity index (χ1) is 9.25. The maximum absolute atomic E-state index is 5.49. The summed E-state index contributed by atoms with van der Waals surface area (Å²) >= 11 is 0. The zero-order chi connectivity index (χ0) is 13.9. The molecule has 0 radical (unpaired) electrons. The lowest BCUT2D eigenvalue weighted by Gasteiger charge is -2.22. The lowest BCUT2D eigenvalue weighted by Crippen LogP contribution is -2.27. The Kier molecular flexibility index (Phi) is 8.19. The molecule has 1 aromatic rings. The number of hydrogen-bond donors (Lipinski definition) is 1. The molecule has 0 saturated heterocycles. The lowest BCUT2D eigenvalue weighted by atomic mass is 9.88. The van der Waals surface area contributed by atoms with Crippen molar-refractivity contribution in [2.24, 2.45) is 5.92 Å². The van der Waals surface area contributed by atoms with E-state index >= 15 is 0 Å². The Balaban J connectivity index is 2.26. The molecule has 0 saturated carbocycles. The maximum atomic E-state index is 5.49. The van der Waals surface area contributed by atoms with Gasteiger partial charge in [0.1, 0.15) is 0 Å². The molecule has 0 amide bonds. The first kappa shape index (κ1) is 15.9. The van der Waals surface area contributed by atoms with Crippen molar-refractivity contribution in [2.75, 3.05) is 26.3 Å². The molecule has 0 fully saturated rings. The number of rotatable bonds is 10. The van der Waals surface area contributed by atoms with E-state index in [1.165, 1.54) is 5.56 Å². The third-order valence-electron chi connectivity index (χ3n) is 3.29. The zero-order valence-corrected chi connectivity index (χ0v) is 12.3. The molecule has 2 nitrogen and oxygen atoms in total. The van der Waals surface area contributed by atoms with Gasteiger partial charge in [0.05, 0.1) is 13.2 Å². The highest BCUT2D eigenvalue weighted by molar-refractivity contribution is 5.20. The Labute approximate surface area is 117 Å². The molecule has 0 aliphatic rings. The van der Waals surface area contributed by atoms with Crippen LogP contribution in [0.3, 0.4) is 0 Å². The lowest BCUT2D eigenvalue weighted by molar-refractivity contribution is 0.140. The molecule has 1 atom stereocenters. The molecule has 0 heterocycles. The summed E-state index contributed by atoms with van der Waals surface area (Å²) < 4.78 is 5.49. The monoisotopic (exact) mass is 261 g/mol. The first-order valence-electron chi connectivity index (χ1n) is 7.20. The first-order valence-corrected chi connectivity index (χ1v) is 7.20. The van der Waals surface area contributed by atoms with Crippen molar-refractivity contribution >= 4 is 0 Å². The van der Waals surface area contributed by atoms with Gasteiger partial charge in [0.15, 0.2) is 0 Å². The zero-order valence-electron chi connectivity index (χ0n) is 12.3. The molecule has 1 N–H and O–H groups in total. The Hall–Kier alpha value is -1.12. The fraction of sp³-hybridized carbons (Fsp3) is 0.529. The van der Waals surface area contributed by atoms with Gasteiger partial charge >= 0.3 is 0 Å². The van der Waals surface area contributed by atoms with Crippen molar-refractivity contribution in [1.82, 2.24) is 5.32 Å². The maximum Gasteiger partial charge on any atom is 0.0591 e. The molecule has 0 aromatic heterocycles. The summed E-state index contributed by atoms with van der Waals surface area (Å²) in [5, 5.41) is 3.49. The van der Waals surface area contributed by atoms with Gasteiger partial charge in [-0.15, -0.1) is 6.58 Å². The number of nitrogens with one attached hydrogen (secondary N) is 1. The highest BCUT2D eigenvalue weighted by Crippen LogP contribution is 2.23. The van der Waals surface area contributed by atoms with Crippen LogP contribution in [0.15, 0.2) is 43.0 Å². The minimum atomic E-state index is 0.564. The van der Waals surface area contributed by atoms with Crippen molar-refractivity contribution < 1.29 is 4.74 Å². The van der Waals surface area contributed by atoms with Crippen LogP contribution in [0, 0.1) is 5.92 Å². The van der Waals surface area contributed by atoms with E-state index in [1.54, 1.807) is 0 Å². The van der Waals surface area contributed by atoms with Crippen LogP contribution >= 0.6 is 0 Å². The standard InChI is InChI=1S/C17H27NO/c1-4-5-12-19-13-11-18-14-17(15(2)3)16-9-7-6-8-10-16/h4,6-10,15,17-18H,1,5,11-14H2,2-3H3. The van der Waals surface area contributed by atoms with Gasteiger partial charge < -0.3 is 10.1 Å². The highest BCUT2D eigenvalue weighted by atomic mass is 16.5. The Morgan fingerprint density at radius 2 is 1.95 bits per heavy atom. The predicted octanol–water partition coefficient (Wildman–Crippen LogP) is 3.61. The summed E-state index contributed by atoms with van der Waals surface area (Å²) in [5.74, 6) is 1.20. The molecule has 0 spiro atoms. The van der Waals surface area contributed by atoms with Gasteiger partial charge in [-0.2, -0.15) is 0 Å². The SMILES string of the molecule is C=CCCOCCNCC(c1ccccc1)C(C)C. The van der Waals surface area contributed by atoms with Crippen LogP contribution in [-0.4, -0.2) is 26.3 Å². The van der Waals surface area contributed by atoms with Crippen LogP contribution in [0.25, 0.3) is 0 Å². The minimum Gasteiger partial charge on any atom is -0.380 e. The van der Waals surface area contributed by atoms with Gasteiger partial charge in [-0.25, -0.2) is 0 Å². The molecule has 2 heteroatoms. The average Bonchev–Trinajstić information content (AvgIpc) is 2.42. The van der Waals surface area contributed by atoms with Crippen molar-refractivity contribution in [3.63, 3.8) is 0 Å². The predicted molar refractivity (Wildman–Crippen MR) is 82.5 cm³/mol. The molecule has 0 bridgehead atoms. The molecule has 1 aromatic carbocycles. The fourth-order valence-electron chi connectivity index (χ4n) is 2.11. The molecule has 0 aliphatic heterocycles. The van der Waals surface area contributed by atoms with Crippen molar-refractivity contribution in [3.8, 4) is 0 Å². The number of ether oxygens (including phenoxy) is 1. The van der Waals surface area contributed by atoms with E-state index in [1.807, 2.05) is 6.08 Å². The van der Waals surface area contributed by atoms with Gasteiger partial charge in [0.25, 0.3) is 0 Å². The summed E-state index contributed by atoms with van der Waals surface area (Å²) in [4.78, 5) is 0. The minimum absolute atomic E-state index is 0.564. The second-order valence-electron chi connectivity index (χ2n) is 5.16. The van der Waals surface area contributed by atoms with Crippen LogP contribution < -0.4 is 5.32 Å². The van der Waals surface area contributed by atoms with E-state index in [4.69, 9.17) is 4.74 Å². The number of benzene rings is 1. The van der Waals surface area contributed by atoms with E-state index in [9.17, 15) is 0 Å². The van der Waals surface area contributed by atoms with E-state index in [2.05, 4.69) is 56.1 Å². The second kappa shape index (κ2) is 9.76. The third kappa shape index (κ3) is 6.55. The molecular weight excluding hydrogens is 234 g/mol. The summed E-state index contributed by atoms with van der Waals surface area (Å²) in [6.07, 6.45) is 2.82. The molecule has 1 rings (SSSR count).